The van der Waals surface area contributed by atoms with E-state index in [0.29, 0.717) is 5.75 Å². The van der Waals surface area contributed by atoms with E-state index in [4.69, 9.17) is 9.47 Å². The molecule has 0 spiro atoms. The molecular weight excluding hydrogens is 296 g/mol. The molecule has 0 saturated heterocycles. The predicted molar refractivity (Wildman–Crippen MR) is 74.8 cm³/mol. The minimum absolute atomic E-state index is 0.707. The average Bonchev–Trinajstić information content (AvgIpc) is 2.41. The Morgan fingerprint density at radius 1 is 1.11 bits per heavy atom. The monoisotopic (exact) mass is 308 g/mol. The van der Waals surface area contributed by atoms with Crippen LogP contribution in [-0.2, 0) is 0 Å². The summed E-state index contributed by atoms with van der Waals surface area (Å²) in [7, 11) is 3.24. The maximum Gasteiger partial charge on any atom is 0.146 e. The summed E-state index contributed by atoms with van der Waals surface area (Å²) in [5, 5.41) is 3.19. The molecule has 0 aliphatic heterocycles. The molecule has 0 fully saturated rings. The van der Waals surface area contributed by atoms with Gasteiger partial charge in [-0.3, -0.25) is 0 Å². The van der Waals surface area contributed by atoms with Gasteiger partial charge in [0.05, 0.1) is 19.9 Å². The minimum atomic E-state index is 0.707. The molecule has 5 heteroatoms. The second-order valence-electron chi connectivity index (χ2n) is 3.55. The predicted octanol–water partition coefficient (Wildman–Crippen LogP) is 3.60. The number of rotatable bonds is 4. The number of hydrogen-bond acceptors (Lipinski definition) is 4. The fourth-order valence-corrected chi connectivity index (χ4v) is 1.72. The highest BCUT2D eigenvalue weighted by Gasteiger charge is 2.05. The zero-order valence-electron chi connectivity index (χ0n) is 10.1. The molecule has 1 aromatic carbocycles. The molecule has 0 atom stereocenters. The van der Waals surface area contributed by atoms with Gasteiger partial charge < -0.3 is 14.8 Å². The SMILES string of the molecule is COc1ccc(Nc2ccc(Br)cn2)c(OC)c1. The van der Waals surface area contributed by atoms with Crippen LogP contribution in [0.15, 0.2) is 41.0 Å². The maximum atomic E-state index is 5.30. The highest BCUT2D eigenvalue weighted by atomic mass is 79.9. The van der Waals surface area contributed by atoms with Crippen molar-refractivity contribution in [3.05, 3.63) is 41.0 Å². The highest BCUT2D eigenvalue weighted by molar-refractivity contribution is 9.10. The van der Waals surface area contributed by atoms with Crippen LogP contribution < -0.4 is 14.8 Å². The Morgan fingerprint density at radius 3 is 2.56 bits per heavy atom. The Kier molecular flexibility index (Phi) is 4.04. The van der Waals surface area contributed by atoms with Gasteiger partial charge in [0.1, 0.15) is 17.3 Å². The maximum absolute atomic E-state index is 5.30. The molecule has 0 saturated carbocycles. The van der Waals surface area contributed by atoms with Crippen molar-refractivity contribution in [1.82, 2.24) is 4.98 Å². The Hall–Kier alpha value is -1.75. The molecule has 0 aliphatic rings. The molecule has 18 heavy (non-hydrogen) atoms. The molecule has 0 radical (unpaired) electrons. The average molecular weight is 309 g/mol. The van der Waals surface area contributed by atoms with Crippen molar-refractivity contribution >= 4 is 27.4 Å². The van der Waals surface area contributed by atoms with Crippen LogP contribution in [0.2, 0.25) is 0 Å². The molecule has 4 nitrogen and oxygen atoms in total. The Labute approximate surface area is 114 Å². The molecule has 2 aromatic rings. The Morgan fingerprint density at radius 2 is 1.94 bits per heavy atom. The van der Waals surface area contributed by atoms with E-state index in [0.717, 1.165) is 21.7 Å². The lowest BCUT2D eigenvalue weighted by Crippen LogP contribution is -1.97. The van der Waals surface area contributed by atoms with Gasteiger partial charge in [-0.25, -0.2) is 4.98 Å². The number of anilines is 2. The summed E-state index contributed by atoms with van der Waals surface area (Å²) in [6.07, 6.45) is 1.73. The third-order valence-electron chi connectivity index (χ3n) is 2.40. The van der Waals surface area contributed by atoms with Crippen LogP contribution in [0.5, 0.6) is 11.5 Å². The summed E-state index contributed by atoms with van der Waals surface area (Å²) in [6.45, 7) is 0. The number of halogens is 1. The molecule has 1 N–H and O–H groups in total. The first-order valence-corrected chi connectivity index (χ1v) is 6.13. The first-order chi connectivity index (χ1) is 8.72. The summed E-state index contributed by atoms with van der Waals surface area (Å²) in [5.74, 6) is 2.21. The number of nitrogens with one attached hydrogen (secondary N) is 1. The molecule has 1 aromatic heterocycles. The standard InChI is InChI=1S/C13H13BrN2O2/c1-17-10-4-5-11(12(7-10)18-2)16-13-6-3-9(14)8-15-13/h3-8H,1-2H3,(H,15,16). The van der Waals surface area contributed by atoms with Crippen LogP contribution in [0.4, 0.5) is 11.5 Å². The van der Waals surface area contributed by atoms with Crippen molar-refractivity contribution in [3.63, 3.8) is 0 Å². The third-order valence-corrected chi connectivity index (χ3v) is 2.87. The summed E-state index contributed by atoms with van der Waals surface area (Å²) >= 11 is 3.35. The number of benzene rings is 1. The van der Waals surface area contributed by atoms with E-state index in [1.54, 1.807) is 20.4 Å². The van der Waals surface area contributed by atoms with E-state index in [-0.39, 0.29) is 0 Å². The normalized spacial score (nSPS) is 9.94. The number of nitrogens with zero attached hydrogens (tertiary/aromatic N) is 1. The second kappa shape index (κ2) is 5.73. The van der Waals surface area contributed by atoms with Crippen LogP contribution in [0, 0.1) is 0 Å². The number of ether oxygens (including phenoxy) is 2. The number of methoxy groups -OCH3 is 2. The fourth-order valence-electron chi connectivity index (χ4n) is 1.49. The zero-order valence-corrected chi connectivity index (χ0v) is 11.7. The van der Waals surface area contributed by atoms with Gasteiger partial charge in [-0.05, 0) is 40.2 Å². The summed E-state index contributed by atoms with van der Waals surface area (Å²) in [6, 6.07) is 9.38. The van der Waals surface area contributed by atoms with Gasteiger partial charge >= 0.3 is 0 Å². The van der Waals surface area contributed by atoms with Gasteiger partial charge in [0, 0.05) is 16.7 Å². The van der Waals surface area contributed by atoms with Gasteiger partial charge in [-0.15, -0.1) is 0 Å². The quantitative estimate of drug-likeness (QED) is 0.937. The first-order valence-electron chi connectivity index (χ1n) is 5.33. The van der Waals surface area contributed by atoms with Crippen molar-refractivity contribution < 1.29 is 9.47 Å². The van der Waals surface area contributed by atoms with Crippen molar-refractivity contribution in [1.29, 1.82) is 0 Å². The van der Waals surface area contributed by atoms with Gasteiger partial charge in [0.25, 0.3) is 0 Å². The van der Waals surface area contributed by atoms with Gasteiger partial charge in [0.15, 0.2) is 0 Å². The molecule has 1 heterocycles. The van der Waals surface area contributed by atoms with Crippen LogP contribution in [0.3, 0.4) is 0 Å². The molecule has 2 rings (SSSR count). The molecule has 94 valence electrons. The molecule has 0 unspecified atom stereocenters. The zero-order chi connectivity index (χ0) is 13.0. The summed E-state index contributed by atoms with van der Waals surface area (Å²) in [4.78, 5) is 4.25. The lowest BCUT2D eigenvalue weighted by Gasteiger charge is -2.11. The van der Waals surface area contributed by atoms with E-state index in [1.807, 2.05) is 30.3 Å². The van der Waals surface area contributed by atoms with E-state index in [2.05, 4.69) is 26.2 Å². The van der Waals surface area contributed by atoms with Crippen molar-refractivity contribution in [2.24, 2.45) is 0 Å². The molecular formula is C13H13BrN2O2. The van der Waals surface area contributed by atoms with E-state index >= 15 is 0 Å². The summed E-state index contributed by atoms with van der Waals surface area (Å²) in [5.41, 5.74) is 0.841. The molecule has 0 bridgehead atoms. The minimum Gasteiger partial charge on any atom is -0.497 e. The lowest BCUT2D eigenvalue weighted by atomic mass is 10.2. The molecule has 0 aliphatic carbocycles. The fraction of sp³-hybridized carbons (Fsp3) is 0.154. The van der Waals surface area contributed by atoms with E-state index < -0.39 is 0 Å². The van der Waals surface area contributed by atoms with Crippen molar-refractivity contribution in [3.8, 4) is 11.5 Å². The smallest absolute Gasteiger partial charge is 0.146 e. The molecule has 0 amide bonds. The van der Waals surface area contributed by atoms with Crippen molar-refractivity contribution in [2.45, 2.75) is 0 Å². The van der Waals surface area contributed by atoms with Crippen LogP contribution in [0.1, 0.15) is 0 Å². The Bertz CT molecular complexity index is 529. The van der Waals surface area contributed by atoms with Gasteiger partial charge in [0.2, 0.25) is 0 Å². The number of pyridine rings is 1. The topological polar surface area (TPSA) is 43.4 Å². The largest absolute Gasteiger partial charge is 0.497 e. The number of hydrogen-bond donors (Lipinski definition) is 1. The lowest BCUT2D eigenvalue weighted by molar-refractivity contribution is 0.395. The van der Waals surface area contributed by atoms with Crippen LogP contribution in [-0.4, -0.2) is 19.2 Å². The Balaban J connectivity index is 2.25. The van der Waals surface area contributed by atoms with E-state index in [1.165, 1.54) is 0 Å². The number of aromatic nitrogens is 1. The van der Waals surface area contributed by atoms with Crippen molar-refractivity contribution in [2.75, 3.05) is 19.5 Å². The third kappa shape index (κ3) is 2.92. The second-order valence-corrected chi connectivity index (χ2v) is 4.47. The van der Waals surface area contributed by atoms with Crippen LogP contribution in [0.25, 0.3) is 0 Å². The van der Waals surface area contributed by atoms with Gasteiger partial charge in [-0.2, -0.15) is 0 Å². The van der Waals surface area contributed by atoms with E-state index in [9.17, 15) is 0 Å². The van der Waals surface area contributed by atoms with Crippen LogP contribution >= 0.6 is 15.9 Å². The van der Waals surface area contributed by atoms with Gasteiger partial charge in [-0.1, -0.05) is 0 Å². The first kappa shape index (κ1) is 12.7. The highest BCUT2D eigenvalue weighted by Crippen LogP contribution is 2.31. The summed E-state index contributed by atoms with van der Waals surface area (Å²) < 4.78 is 11.4.